The van der Waals surface area contributed by atoms with Crippen molar-refractivity contribution in [3.63, 3.8) is 0 Å². The second-order valence-electron chi connectivity index (χ2n) is 4.62. The van der Waals surface area contributed by atoms with E-state index in [1.54, 1.807) is 4.68 Å². The fourth-order valence-electron chi connectivity index (χ4n) is 1.98. The zero-order valence-electron chi connectivity index (χ0n) is 11.9. The molecule has 0 saturated carbocycles. The summed E-state index contributed by atoms with van der Waals surface area (Å²) >= 11 is 0. The van der Waals surface area contributed by atoms with Crippen molar-refractivity contribution in [2.24, 2.45) is 5.10 Å². The molecule has 0 saturated heterocycles. The van der Waals surface area contributed by atoms with E-state index in [2.05, 4.69) is 20.6 Å². The fraction of sp³-hybridized carbons (Fsp3) is 0.385. The molecule has 0 aliphatic rings. The Bertz CT molecular complexity index is 698. The summed E-state index contributed by atoms with van der Waals surface area (Å²) in [6, 6.07) is 0. The summed E-state index contributed by atoms with van der Waals surface area (Å²) in [5, 5.41) is 18.5. The first-order chi connectivity index (χ1) is 9.45. The molecule has 106 valence electrons. The van der Waals surface area contributed by atoms with Gasteiger partial charge in [-0.1, -0.05) is 0 Å². The highest BCUT2D eigenvalue weighted by Gasteiger charge is 2.19. The first kappa shape index (κ1) is 14.0. The molecule has 20 heavy (non-hydrogen) atoms. The molecule has 0 aliphatic carbocycles. The molecular weight excluding hydrogens is 258 g/mol. The van der Waals surface area contributed by atoms with E-state index in [9.17, 15) is 9.90 Å². The van der Waals surface area contributed by atoms with Crippen molar-refractivity contribution in [2.45, 2.75) is 34.2 Å². The molecule has 0 aliphatic heterocycles. The number of hydrazone groups is 1. The highest BCUT2D eigenvalue weighted by atomic mass is 16.4. The number of carboxylic acids is 1. The smallest absolute Gasteiger partial charge is 0.339 e. The van der Waals surface area contributed by atoms with Gasteiger partial charge < -0.3 is 5.11 Å². The molecule has 2 N–H and O–H groups in total. The molecule has 0 fully saturated rings. The van der Waals surface area contributed by atoms with Crippen LogP contribution in [0.1, 0.15) is 36.8 Å². The number of hydrogen-bond acceptors (Lipinski definition) is 5. The summed E-state index contributed by atoms with van der Waals surface area (Å²) in [4.78, 5) is 15.6. The van der Waals surface area contributed by atoms with Crippen molar-refractivity contribution in [1.82, 2.24) is 14.8 Å². The van der Waals surface area contributed by atoms with Crippen LogP contribution in [0.4, 0.5) is 5.69 Å². The number of aromatic carboxylic acids is 1. The van der Waals surface area contributed by atoms with Gasteiger partial charge in [0.05, 0.1) is 16.8 Å². The van der Waals surface area contributed by atoms with Gasteiger partial charge in [-0.2, -0.15) is 10.2 Å². The Kier molecular flexibility index (Phi) is 3.69. The number of carboxylic acid groups (broad SMARTS) is 1. The van der Waals surface area contributed by atoms with Crippen LogP contribution in [0.25, 0.3) is 11.0 Å². The predicted octanol–water partition coefficient (Wildman–Crippen LogP) is 2.27. The zero-order chi connectivity index (χ0) is 14.9. The number of aromatic nitrogens is 3. The van der Waals surface area contributed by atoms with Gasteiger partial charge in [-0.15, -0.1) is 0 Å². The molecule has 0 amide bonds. The van der Waals surface area contributed by atoms with Gasteiger partial charge in [-0.05, 0) is 27.7 Å². The van der Waals surface area contributed by atoms with E-state index in [4.69, 9.17) is 0 Å². The number of nitrogens with one attached hydrogen (secondary N) is 1. The Morgan fingerprint density at radius 3 is 2.75 bits per heavy atom. The van der Waals surface area contributed by atoms with Gasteiger partial charge in [0.1, 0.15) is 5.56 Å². The minimum absolute atomic E-state index is 0.0845. The largest absolute Gasteiger partial charge is 0.478 e. The maximum absolute atomic E-state index is 11.3. The van der Waals surface area contributed by atoms with Crippen LogP contribution in [-0.2, 0) is 6.54 Å². The summed E-state index contributed by atoms with van der Waals surface area (Å²) in [7, 11) is 0. The average molecular weight is 275 g/mol. The topological polar surface area (TPSA) is 92.4 Å². The standard InChI is InChI=1S/C13H17N5O2/c1-5-18-12-10(8(4)17-18)11(16-15-7(2)3)9(6-14-12)13(19)20/h6H,5H2,1-4H3,(H,14,16)(H,19,20). The number of anilines is 1. The van der Waals surface area contributed by atoms with Crippen LogP contribution in [0.15, 0.2) is 11.3 Å². The first-order valence-electron chi connectivity index (χ1n) is 6.32. The van der Waals surface area contributed by atoms with Gasteiger partial charge in [0.25, 0.3) is 0 Å². The molecule has 0 aromatic carbocycles. The van der Waals surface area contributed by atoms with Gasteiger partial charge in [0.2, 0.25) is 0 Å². The fourth-order valence-corrected chi connectivity index (χ4v) is 1.98. The third kappa shape index (κ3) is 2.34. The summed E-state index contributed by atoms with van der Waals surface area (Å²) in [5.41, 5.74) is 5.52. The Morgan fingerprint density at radius 1 is 1.50 bits per heavy atom. The van der Waals surface area contributed by atoms with Gasteiger partial charge >= 0.3 is 5.97 Å². The average Bonchev–Trinajstić information content (AvgIpc) is 2.72. The summed E-state index contributed by atoms with van der Waals surface area (Å²) < 4.78 is 1.74. The lowest BCUT2D eigenvalue weighted by Crippen LogP contribution is -2.06. The quantitative estimate of drug-likeness (QED) is 0.659. The monoisotopic (exact) mass is 275 g/mol. The SMILES string of the molecule is CCn1nc(C)c2c(NN=C(C)C)c(C(=O)O)cnc21. The number of hydrogen-bond donors (Lipinski definition) is 2. The van der Waals surface area contributed by atoms with Crippen LogP contribution < -0.4 is 5.43 Å². The maximum atomic E-state index is 11.3. The molecule has 0 atom stereocenters. The Hall–Kier alpha value is -2.44. The van der Waals surface area contributed by atoms with Crippen molar-refractivity contribution in [2.75, 3.05) is 5.43 Å². The highest BCUT2D eigenvalue weighted by Crippen LogP contribution is 2.29. The van der Waals surface area contributed by atoms with Gasteiger partial charge in [-0.25, -0.2) is 14.5 Å². The van der Waals surface area contributed by atoms with Gasteiger partial charge in [0, 0.05) is 18.5 Å². The van der Waals surface area contributed by atoms with E-state index in [-0.39, 0.29) is 5.56 Å². The summed E-state index contributed by atoms with van der Waals surface area (Å²) in [6.45, 7) is 8.11. The van der Waals surface area contributed by atoms with E-state index in [1.807, 2.05) is 27.7 Å². The molecule has 7 nitrogen and oxygen atoms in total. The van der Waals surface area contributed by atoms with Crippen LogP contribution in [0.5, 0.6) is 0 Å². The van der Waals surface area contributed by atoms with Gasteiger partial charge in [0.15, 0.2) is 5.65 Å². The lowest BCUT2D eigenvalue weighted by Gasteiger charge is -2.08. The van der Waals surface area contributed by atoms with Crippen LogP contribution >= 0.6 is 0 Å². The molecule has 2 rings (SSSR count). The second kappa shape index (κ2) is 5.28. The maximum Gasteiger partial charge on any atom is 0.339 e. The number of carbonyl (C=O) groups is 1. The van der Waals surface area contributed by atoms with Crippen LogP contribution in [0.3, 0.4) is 0 Å². The van der Waals surface area contributed by atoms with E-state index in [0.717, 1.165) is 11.4 Å². The van der Waals surface area contributed by atoms with Crippen molar-refractivity contribution < 1.29 is 9.90 Å². The minimum atomic E-state index is -1.05. The van der Waals surface area contributed by atoms with Gasteiger partial charge in [-0.3, -0.25) is 5.43 Å². The van der Waals surface area contributed by atoms with Crippen molar-refractivity contribution in [1.29, 1.82) is 0 Å². The molecule has 0 radical (unpaired) electrons. The van der Waals surface area contributed by atoms with Crippen molar-refractivity contribution >= 4 is 28.4 Å². The molecule has 7 heteroatoms. The van der Waals surface area contributed by atoms with Crippen molar-refractivity contribution in [3.05, 3.63) is 17.5 Å². The number of pyridine rings is 1. The normalized spacial score (nSPS) is 10.6. The molecule has 0 unspecified atom stereocenters. The van der Waals surface area contributed by atoms with Crippen LogP contribution in [0.2, 0.25) is 0 Å². The number of nitrogens with zero attached hydrogens (tertiary/aromatic N) is 4. The molecule has 0 spiro atoms. The minimum Gasteiger partial charge on any atom is -0.478 e. The number of rotatable bonds is 4. The third-order valence-corrected chi connectivity index (χ3v) is 2.86. The molecule has 2 aromatic heterocycles. The molecule has 0 bridgehead atoms. The Morgan fingerprint density at radius 2 is 2.20 bits per heavy atom. The third-order valence-electron chi connectivity index (χ3n) is 2.86. The summed E-state index contributed by atoms with van der Waals surface area (Å²) in [6.07, 6.45) is 1.33. The number of fused-ring (bicyclic) bond motifs is 1. The number of aryl methyl sites for hydroxylation is 2. The second-order valence-corrected chi connectivity index (χ2v) is 4.62. The highest BCUT2D eigenvalue weighted by molar-refractivity contribution is 6.04. The van der Waals surface area contributed by atoms with Crippen LogP contribution in [-0.4, -0.2) is 31.6 Å². The Balaban J connectivity index is 2.76. The van der Waals surface area contributed by atoms with Crippen molar-refractivity contribution in [3.8, 4) is 0 Å². The lowest BCUT2D eigenvalue weighted by atomic mass is 10.1. The van der Waals surface area contributed by atoms with E-state index in [0.29, 0.717) is 23.3 Å². The molecular formula is C13H17N5O2. The predicted molar refractivity (Wildman–Crippen MR) is 77.3 cm³/mol. The first-order valence-corrected chi connectivity index (χ1v) is 6.32. The van der Waals surface area contributed by atoms with E-state index in [1.165, 1.54) is 6.20 Å². The molecule has 2 aromatic rings. The summed E-state index contributed by atoms with van der Waals surface area (Å²) in [5.74, 6) is -1.05. The Labute approximate surface area is 116 Å². The lowest BCUT2D eigenvalue weighted by molar-refractivity contribution is 0.0697. The van der Waals surface area contributed by atoms with E-state index < -0.39 is 5.97 Å². The zero-order valence-corrected chi connectivity index (χ0v) is 11.9. The van der Waals surface area contributed by atoms with E-state index >= 15 is 0 Å². The molecule has 2 heterocycles. The van der Waals surface area contributed by atoms with Crippen LogP contribution in [0, 0.1) is 6.92 Å².